The first-order chi connectivity index (χ1) is 8.99. The van der Waals surface area contributed by atoms with Crippen LogP contribution in [0.3, 0.4) is 0 Å². The lowest BCUT2D eigenvalue weighted by Crippen LogP contribution is -2.52. The van der Waals surface area contributed by atoms with E-state index in [9.17, 15) is 4.79 Å². The minimum Gasteiger partial charge on any atom is -0.468 e. The highest BCUT2D eigenvalue weighted by molar-refractivity contribution is 5.79. The number of methoxy groups -OCH3 is 1. The highest BCUT2D eigenvalue weighted by Gasteiger charge is 2.32. The Bertz CT molecular complexity index is 271. The smallest absolute Gasteiger partial charge is 0.325 e. The molecule has 0 spiro atoms. The summed E-state index contributed by atoms with van der Waals surface area (Å²) in [4.78, 5) is 11.6. The predicted octanol–water partition coefficient (Wildman–Crippen LogP) is 2.25. The van der Waals surface area contributed by atoms with Crippen LogP contribution in [0.15, 0.2) is 0 Å². The number of ether oxygens (including phenoxy) is 1. The van der Waals surface area contributed by atoms with Gasteiger partial charge in [-0.05, 0) is 51.9 Å². The molecule has 0 aromatic heterocycles. The summed E-state index contributed by atoms with van der Waals surface area (Å²) in [7, 11) is 1.43. The molecule has 4 nitrogen and oxygen atoms in total. The fourth-order valence-corrected chi connectivity index (χ4v) is 2.96. The van der Waals surface area contributed by atoms with Gasteiger partial charge < -0.3 is 9.84 Å². The maximum absolute atomic E-state index is 11.6. The lowest BCUT2D eigenvalue weighted by Gasteiger charge is -2.34. The van der Waals surface area contributed by atoms with Gasteiger partial charge in [0.1, 0.15) is 5.54 Å². The number of hydrogen-bond donors (Lipinski definition) is 2. The third-order valence-electron chi connectivity index (χ3n) is 4.13. The van der Waals surface area contributed by atoms with Crippen molar-refractivity contribution >= 4 is 5.97 Å². The lowest BCUT2D eigenvalue weighted by molar-refractivity contribution is -0.147. The van der Waals surface area contributed by atoms with Gasteiger partial charge in [0.05, 0.1) is 7.11 Å². The van der Waals surface area contributed by atoms with Crippen molar-refractivity contribution in [3.05, 3.63) is 0 Å². The Morgan fingerprint density at radius 2 is 1.89 bits per heavy atom. The van der Waals surface area contributed by atoms with Gasteiger partial charge in [-0.2, -0.15) is 0 Å². The molecule has 1 aliphatic rings. The second-order valence-corrected chi connectivity index (χ2v) is 6.20. The molecule has 0 bridgehead atoms. The SMILES string of the molecule is COC(=O)C(C)(C)NC1CCC(CCCCO)CC1. The van der Waals surface area contributed by atoms with Crippen molar-refractivity contribution in [1.29, 1.82) is 0 Å². The molecule has 0 radical (unpaired) electrons. The van der Waals surface area contributed by atoms with E-state index in [2.05, 4.69) is 5.32 Å². The second kappa shape index (κ2) is 7.85. The minimum absolute atomic E-state index is 0.197. The van der Waals surface area contributed by atoms with Gasteiger partial charge in [-0.1, -0.05) is 12.8 Å². The summed E-state index contributed by atoms with van der Waals surface area (Å²) in [5.41, 5.74) is -0.594. The molecule has 0 aromatic carbocycles. The second-order valence-electron chi connectivity index (χ2n) is 6.20. The summed E-state index contributed by atoms with van der Waals surface area (Å²) < 4.78 is 4.82. The van der Waals surface area contributed by atoms with E-state index < -0.39 is 5.54 Å². The number of carbonyl (C=O) groups is 1. The summed E-state index contributed by atoms with van der Waals surface area (Å²) in [6, 6.07) is 0.420. The molecule has 0 saturated heterocycles. The summed E-state index contributed by atoms with van der Waals surface area (Å²) in [5, 5.41) is 12.2. The molecule has 1 rings (SSSR count). The number of rotatable bonds is 7. The first kappa shape index (κ1) is 16.4. The summed E-state index contributed by atoms with van der Waals surface area (Å²) in [6.07, 6.45) is 7.99. The first-order valence-electron chi connectivity index (χ1n) is 7.46. The Kier molecular flexibility index (Phi) is 6.80. The van der Waals surface area contributed by atoms with Gasteiger partial charge in [0.2, 0.25) is 0 Å². The van der Waals surface area contributed by atoms with E-state index in [1.54, 1.807) is 0 Å². The zero-order valence-corrected chi connectivity index (χ0v) is 12.6. The number of unbranched alkanes of at least 4 members (excludes halogenated alkanes) is 1. The van der Waals surface area contributed by atoms with Crippen LogP contribution in [0.25, 0.3) is 0 Å². The molecule has 1 saturated carbocycles. The molecule has 0 atom stereocenters. The van der Waals surface area contributed by atoms with E-state index in [-0.39, 0.29) is 5.97 Å². The highest BCUT2D eigenvalue weighted by atomic mass is 16.5. The van der Waals surface area contributed by atoms with Crippen LogP contribution in [0.1, 0.15) is 58.8 Å². The summed E-state index contributed by atoms with van der Waals surface area (Å²) in [6.45, 7) is 4.07. The lowest BCUT2D eigenvalue weighted by atomic mass is 9.82. The van der Waals surface area contributed by atoms with Crippen molar-refractivity contribution in [3.63, 3.8) is 0 Å². The van der Waals surface area contributed by atoms with Crippen molar-refractivity contribution in [2.24, 2.45) is 5.92 Å². The van der Waals surface area contributed by atoms with E-state index in [1.807, 2.05) is 13.8 Å². The topological polar surface area (TPSA) is 58.6 Å². The van der Waals surface area contributed by atoms with E-state index in [4.69, 9.17) is 9.84 Å². The van der Waals surface area contributed by atoms with E-state index in [0.717, 1.165) is 31.6 Å². The average Bonchev–Trinajstić information content (AvgIpc) is 2.39. The van der Waals surface area contributed by atoms with Gasteiger partial charge in [-0.3, -0.25) is 10.1 Å². The van der Waals surface area contributed by atoms with Crippen LogP contribution in [-0.2, 0) is 9.53 Å². The summed E-state index contributed by atoms with van der Waals surface area (Å²) >= 11 is 0. The number of aliphatic hydroxyl groups is 1. The van der Waals surface area contributed by atoms with Gasteiger partial charge in [0.25, 0.3) is 0 Å². The van der Waals surface area contributed by atoms with Crippen LogP contribution in [0, 0.1) is 5.92 Å². The quantitative estimate of drug-likeness (QED) is 0.551. The Morgan fingerprint density at radius 1 is 1.26 bits per heavy atom. The zero-order valence-electron chi connectivity index (χ0n) is 12.6. The zero-order chi connectivity index (χ0) is 14.3. The third kappa shape index (κ3) is 5.49. The van der Waals surface area contributed by atoms with Crippen LogP contribution in [0.4, 0.5) is 0 Å². The molecule has 1 fully saturated rings. The van der Waals surface area contributed by atoms with Crippen LogP contribution in [-0.4, -0.2) is 36.4 Å². The Morgan fingerprint density at radius 3 is 2.42 bits per heavy atom. The molecule has 0 unspecified atom stereocenters. The predicted molar refractivity (Wildman–Crippen MR) is 75.9 cm³/mol. The third-order valence-corrected chi connectivity index (χ3v) is 4.13. The molecule has 0 aliphatic heterocycles. The number of hydrogen-bond acceptors (Lipinski definition) is 4. The minimum atomic E-state index is -0.594. The fourth-order valence-electron chi connectivity index (χ4n) is 2.96. The van der Waals surface area contributed by atoms with Crippen LogP contribution < -0.4 is 5.32 Å². The maximum Gasteiger partial charge on any atom is 0.325 e. The largest absolute Gasteiger partial charge is 0.468 e. The number of esters is 1. The number of aliphatic hydroxyl groups excluding tert-OH is 1. The van der Waals surface area contributed by atoms with Gasteiger partial charge in [-0.15, -0.1) is 0 Å². The summed E-state index contributed by atoms with van der Waals surface area (Å²) in [5.74, 6) is 0.600. The fraction of sp³-hybridized carbons (Fsp3) is 0.933. The van der Waals surface area contributed by atoms with Crippen LogP contribution >= 0.6 is 0 Å². The molecule has 4 heteroatoms. The molecular weight excluding hydrogens is 242 g/mol. The molecule has 19 heavy (non-hydrogen) atoms. The van der Waals surface area contributed by atoms with Crippen molar-refractivity contribution in [2.45, 2.75) is 70.4 Å². The van der Waals surface area contributed by atoms with Crippen molar-refractivity contribution in [2.75, 3.05) is 13.7 Å². The Labute approximate surface area is 116 Å². The molecule has 0 aromatic rings. The van der Waals surface area contributed by atoms with Gasteiger partial charge in [0, 0.05) is 12.6 Å². The molecule has 1 aliphatic carbocycles. The van der Waals surface area contributed by atoms with Crippen LogP contribution in [0.2, 0.25) is 0 Å². The normalized spacial score (nSPS) is 24.2. The van der Waals surface area contributed by atoms with E-state index in [1.165, 1.54) is 26.4 Å². The maximum atomic E-state index is 11.6. The molecule has 2 N–H and O–H groups in total. The molecule has 0 heterocycles. The van der Waals surface area contributed by atoms with E-state index in [0.29, 0.717) is 12.6 Å². The standard InChI is InChI=1S/C15H29NO3/c1-15(2,14(18)19-3)16-13-9-7-12(8-10-13)6-4-5-11-17/h12-13,16-17H,4-11H2,1-3H3. The monoisotopic (exact) mass is 271 g/mol. The van der Waals surface area contributed by atoms with Crippen molar-refractivity contribution in [3.8, 4) is 0 Å². The number of carbonyl (C=O) groups excluding carboxylic acids is 1. The van der Waals surface area contributed by atoms with Crippen LogP contribution in [0.5, 0.6) is 0 Å². The highest BCUT2D eigenvalue weighted by Crippen LogP contribution is 2.29. The molecule has 0 amide bonds. The van der Waals surface area contributed by atoms with Gasteiger partial charge in [-0.25, -0.2) is 0 Å². The molecular formula is C15H29NO3. The van der Waals surface area contributed by atoms with Crippen molar-refractivity contribution < 1.29 is 14.6 Å². The first-order valence-corrected chi connectivity index (χ1v) is 7.46. The molecule has 112 valence electrons. The Balaban J connectivity index is 2.28. The van der Waals surface area contributed by atoms with Crippen molar-refractivity contribution in [1.82, 2.24) is 5.32 Å². The van der Waals surface area contributed by atoms with Gasteiger partial charge in [0.15, 0.2) is 0 Å². The van der Waals surface area contributed by atoms with E-state index >= 15 is 0 Å². The number of nitrogens with one attached hydrogen (secondary N) is 1. The van der Waals surface area contributed by atoms with Gasteiger partial charge >= 0.3 is 5.97 Å². The Hall–Kier alpha value is -0.610. The average molecular weight is 271 g/mol.